The molecule has 2 aliphatic rings. The Morgan fingerprint density at radius 2 is 1.78 bits per heavy atom. The molecule has 3 heterocycles. The number of anilines is 1. The third kappa shape index (κ3) is 3.82. The summed E-state index contributed by atoms with van der Waals surface area (Å²) in [5.74, 6) is 0.119. The van der Waals surface area contributed by atoms with Gasteiger partial charge in [-0.05, 0) is 30.7 Å². The Morgan fingerprint density at radius 3 is 2.52 bits per heavy atom. The first-order valence-electron chi connectivity index (χ1n) is 9.29. The van der Waals surface area contributed by atoms with E-state index < -0.39 is 15.8 Å². The van der Waals surface area contributed by atoms with Gasteiger partial charge >= 0.3 is 0 Å². The molecule has 0 saturated carbocycles. The summed E-state index contributed by atoms with van der Waals surface area (Å²) in [5.41, 5.74) is 1.15. The van der Waals surface area contributed by atoms with Gasteiger partial charge in [0, 0.05) is 26.2 Å². The van der Waals surface area contributed by atoms with E-state index in [0.29, 0.717) is 38.5 Å². The third-order valence-corrected chi connectivity index (χ3v) is 7.98. The average Bonchev–Trinajstić information content (AvgIpc) is 2.81. The number of aromatic nitrogens is 2. The molecule has 2 fully saturated rings. The number of rotatable bonds is 4. The molecule has 2 aliphatic heterocycles. The smallest absolute Gasteiger partial charge is 0.225 e. The van der Waals surface area contributed by atoms with Crippen molar-refractivity contribution in [1.82, 2.24) is 14.3 Å². The SMILES string of the molecule is O=S1(=O)[C@@H]2CCN(c3ncc(F)cn3)CC[C@@H]2CN1CCc1ccccc1. The molecule has 4 rings (SSSR count). The van der Waals surface area contributed by atoms with Crippen molar-refractivity contribution in [2.75, 3.05) is 31.1 Å². The predicted octanol–water partition coefficient (Wildman–Crippen LogP) is 2.09. The quantitative estimate of drug-likeness (QED) is 0.800. The van der Waals surface area contributed by atoms with Crippen LogP contribution in [0.1, 0.15) is 18.4 Å². The maximum Gasteiger partial charge on any atom is 0.225 e. The van der Waals surface area contributed by atoms with E-state index in [4.69, 9.17) is 0 Å². The number of hydrogen-bond acceptors (Lipinski definition) is 5. The molecule has 8 heteroatoms. The monoisotopic (exact) mass is 390 g/mol. The Kier molecular flexibility index (Phi) is 5.10. The topological polar surface area (TPSA) is 66.4 Å². The van der Waals surface area contributed by atoms with Crippen LogP contribution in [-0.4, -0.2) is 54.1 Å². The molecule has 144 valence electrons. The zero-order valence-electron chi connectivity index (χ0n) is 15.0. The summed E-state index contributed by atoms with van der Waals surface area (Å²) in [7, 11) is -3.29. The maximum atomic E-state index is 13.0. The summed E-state index contributed by atoms with van der Waals surface area (Å²) >= 11 is 0. The molecular weight excluding hydrogens is 367 g/mol. The molecule has 1 aromatic heterocycles. The molecule has 0 spiro atoms. The molecule has 0 N–H and O–H groups in total. The molecule has 1 aromatic carbocycles. The highest BCUT2D eigenvalue weighted by Crippen LogP contribution is 2.34. The molecular formula is C19H23FN4O2S. The fraction of sp³-hybridized carbons (Fsp3) is 0.474. The van der Waals surface area contributed by atoms with Gasteiger partial charge in [-0.2, -0.15) is 0 Å². The molecule has 6 nitrogen and oxygen atoms in total. The summed E-state index contributed by atoms with van der Waals surface area (Å²) in [6.07, 6.45) is 4.35. The molecule has 0 unspecified atom stereocenters. The van der Waals surface area contributed by atoms with E-state index >= 15 is 0 Å². The zero-order chi connectivity index (χ0) is 18.9. The van der Waals surface area contributed by atoms with E-state index in [-0.39, 0.29) is 11.2 Å². The Bertz CT molecular complexity index is 876. The normalized spacial score (nSPS) is 25.1. The summed E-state index contributed by atoms with van der Waals surface area (Å²) in [6, 6.07) is 9.97. The summed E-state index contributed by atoms with van der Waals surface area (Å²) in [6.45, 7) is 2.37. The number of fused-ring (bicyclic) bond motifs is 1. The number of halogens is 1. The van der Waals surface area contributed by atoms with Gasteiger partial charge in [0.1, 0.15) is 0 Å². The standard InChI is InChI=1S/C19H23FN4O2S/c20-17-12-21-19(22-13-17)23-9-7-16-14-24(27(25,26)18(16)8-10-23)11-6-15-4-2-1-3-5-15/h1-5,12-13,16,18H,6-11,14H2/t16-,18-/m1/s1. The van der Waals surface area contributed by atoms with Crippen molar-refractivity contribution in [3.05, 3.63) is 54.1 Å². The van der Waals surface area contributed by atoms with Gasteiger partial charge in [0.05, 0.1) is 17.6 Å². The summed E-state index contributed by atoms with van der Waals surface area (Å²) in [4.78, 5) is 10.0. The fourth-order valence-electron chi connectivity index (χ4n) is 4.08. The summed E-state index contributed by atoms with van der Waals surface area (Å²) < 4.78 is 40.7. The van der Waals surface area contributed by atoms with Crippen LogP contribution >= 0.6 is 0 Å². The average molecular weight is 390 g/mol. The molecule has 2 aromatic rings. The van der Waals surface area contributed by atoms with E-state index in [2.05, 4.69) is 9.97 Å². The number of nitrogens with zero attached hydrogens (tertiary/aromatic N) is 4. The molecule has 0 bridgehead atoms. The molecule has 0 amide bonds. The minimum Gasteiger partial charge on any atom is -0.341 e. The predicted molar refractivity (Wildman–Crippen MR) is 101 cm³/mol. The van der Waals surface area contributed by atoms with Crippen LogP contribution in [-0.2, 0) is 16.4 Å². The van der Waals surface area contributed by atoms with E-state index in [9.17, 15) is 12.8 Å². The van der Waals surface area contributed by atoms with Crippen molar-refractivity contribution in [3.63, 3.8) is 0 Å². The van der Waals surface area contributed by atoms with Crippen molar-refractivity contribution < 1.29 is 12.8 Å². The van der Waals surface area contributed by atoms with Gasteiger partial charge in [-0.1, -0.05) is 30.3 Å². The second kappa shape index (κ2) is 7.52. The Morgan fingerprint density at radius 1 is 1.07 bits per heavy atom. The van der Waals surface area contributed by atoms with E-state index in [0.717, 1.165) is 30.8 Å². The zero-order valence-corrected chi connectivity index (χ0v) is 15.9. The van der Waals surface area contributed by atoms with Crippen molar-refractivity contribution in [2.24, 2.45) is 5.92 Å². The van der Waals surface area contributed by atoms with Crippen LogP contribution in [0.25, 0.3) is 0 Å². The highest BCUT2D eigenvalue weighted by Gasteiger charge is 2.46. The molecule has 2 atom stereocenters. The van der Waals surface area contributed by atoms with Gasteiger partial charge in [-0.3, -0.25) is 0 Å². The van der Waals surface area contributed by atoms with Crippen molar-refractivity contribution in [3.8, 4) is 0 Å². The summed E-state index contributed by atoms with van der Waals surface area (Å²) in [5, 5.41) is -0.348. The molecule has 27 heavy (non-hydrogen) atoms. The van der Waals surface area contributed by atoms with Gasteiger partial charge < -0.3 is 4.90 Å². The molecule has 0 radical (unpaired) electrons. The van der Waals surface area contributed by atoms with Crippen LogP contribution in [0, 0.1) is 11.7 Å². The van der Waals surface area contributed by atoms with Gasteiger partial charge in [0.25, 0.3) is 0 Å². The second-order valence-electron chi connectivity index (χ2n) is 7.20. The Labute approximate surface area is 159 Å². The Hall–Kier alpha value is -2.06. The van der Waals surface area contributed by atoms with Crippen LogP contribution < -0.4 is 4.90 Å². The van der Waals surface area contributed by atoms with Crippen LogP contribution in [0.5, 0.6) is 0 Å². The second-order valence-corrected chi connectivity index (χ2v) is 9.35. The van der Waals surface area contributed by atoms with Gasteiger partial charge in [0.2, 0.25) is 16.0 Å². The van der Waals surface area contributed by atoms with Crippen LogP contribution in [0.2, 0.25) is 0 Å². The minimum absolute atomic E-state index is 0.122. The number of hydrogen-bond donors (Lipinski definition) is 0. The number of benzene rings is 1. The van der Waals surface area contributed by atoms with E-state index in [1.807, 2.05) is 35.2 Å². The Balaban J connectivity index is 1.42. The van der Waals surface area contributed by atoms with E-state index in [1.54, 1.807) is 4.31 Å². The first kappa shape index (κ1) is 18.3. The highest BCUT2D eigenvalue weighted by molar-refractivity contribution is 7.90. The first-order valence-corrected chi connectivity index (χ1v) is 10.8. The fourth-order valence-corrected chi connectivity index (χ4v) is 6.32. The van der Waals surface area contributed by atoms with Crippen LogP contribution in [0.4, 0.5) is 10.3 Å². The van der Waals surface area contributed by atoms with Crippen molar-refractivity contribution >= 4 is 16.0 Å². The number of sulfonamides is 1. The lowest BCUT2D eigenvalue weighted by molar-refractivity contribution is 0.388. The lowest BCUT2D eigenvalue weighted by Crippen LogP contribution is -2.33. The van der Waals surface area contributed by atoms with Crippen LogP contribution in [0.3, 0.4) is 0 Å². The van der Waals surface area contributed by atoms with Gasteiger partial charge in [-0.15, -0.1) is 0 Å². The van der Waals surface area contributed by atoms with E-state index in [1.165, 1.54) is 0 Å². The molecule has 0 aliphatic carbocycles. The lowest BCUT2D eigenvalue weighted by atomic mass is 10.0. The maximum absolute atomic E-state index is 13.0. The third-order valence-electron chi connectivity index (χ3n) is 5.54. The van der Waals surface area contributed by atoms with Crippen LogP contribution in [0.15, 0.2) is 42.7 Å². The van der Waals surface area contributed by atoms with Crippen molar-refractivity contribution in [1.29, 1.82) is 0 Å². The molecule has 2 saturated heterocycles. The van der Waals surface area contributed by atoms with Gasteiger partial charge in [0.15, 0.2) is 5.82 Å². The lowest BCUT2D eigenvalue weighted by Gasteiger charge is -2.22. The first-order chi connectivity index (χ1) is 13.0. The highest BCUT2D eigenvalue weighted by atomic mass is 32.2. The minimum atomic E-state index is -3.29. The largest absolute Gasteiger partial charge is 0.341 e. The van der Waals surface area contributed by atoms with Crippen molar-refractivity contribution in [2.45, 2.75) is 24.5 Å². The van der Waals surface area contributed by atoms with Gasteiger partial charge in [-0.25, -0.2) is 27.1 Å².